The van der Waals surface area contributed by atoms with Crippen LogP contribution in [-0.4, -0.2) is 56.7 Å². The molecule has 57 heavy (non-hydrogen) atoms. The summed E-state index contributed by atoms with van der Waals surface area (Å²) >= 11 is 0. The molecule has 5 saturated carbocycles. The number of H-pyrrole nitrogens is 1. The second-order valence-corrected chi connectivity index (χ2v) is 22.0. The summed E-state index contributed by atoms with van der Waals surface area (Å²) < 4.78 is 6.43. The molecule has 8 rings (SSSR count). The molecule has 5 fully saturated rings. The number of carbonyl (C=O) groups is 3. The van der Waals surface area contributed by atoms with E-state index in [9.17, 15) is 24.6 Å². The number of aromatic nitrogens is 2. The molecule has 0 amide bonds. The molecule has 312 valence electrons. The van der Waals surface area contributed by atoms with E-state index in [1.165, 1.54) is 5.57 Å². The van der Waals surface area contributed by atoms with Crippen LogP contribution < -0.4 is 5.32 Å². The summed E-state index contributed by atoms with van der Waals surface area (Å²) in [6.07, 6.45) is 7.86. The van der Waals surface area contributed by atoms with Gasteiger partial charge >= 0.3 is 11.9 Å². The number of ether oxygens (including phenoxy) is 1. The van der Waals surface area contributed by atoms with Gasteiger partial charge in [-0.2, -0.15) is 0 Å². The minimum absolute atomic E-state index is 0.0117. The lowest BCUT2D eigenvalue weighted by molar-refractivity contribution is -0.238. The number of carboxylic acid groups (broad SMARTS) is 1. The van der Waals surface area contributed by atoms with E-state index in [4.69, 9.17) is 4.74 Å². The second-order valence-electron chi connectivity index (χ2n) is 22.0. The van der Waals surface area contributed by atoms with Gasteiger partial charge in [0.25, 0.3) is 0 Å². The van der Waals surface area contributed by atoms with Gasteiger partial charge in [0.2, 0.25) is 0 Å². The van der Waals surface area contributed by atoms with Gasteiger partial charge < -0.3 is 25.3 Å². The predicted octanol–water partition coefficient (Wildman–Crippen LogP) is 8.96. The molecular formula is C48H69N3O6. The molecule has 0 radical (unpaired) electrons. The number of allylic oxidation sites excluding steroid dienone is 1. The third-order valence-corrected chi connectivity index (χ3v) is 18.5. The van der Waals surface area contributed by atoms with Gasteiger partial charge in [0.05, 0.1) is 29.0 Å². The van der Waals surface area contributed by atoms with Crippen LogP contribution >= 0.6 is 0 Å². The van der Waals surface area contributed by atoms with Crippen molar-refractivity contribution in [3.63, 3.8) is 0 Å². The summed E-state index contributed by atoms with van der Waals surface area (Å²) in [6, 6.07) is 6.26. The van der Waals surface area contributed by atoms with E-state index in [-0.39, 0.29) is 57.3 Å². The third-order valence-electron chi connectivity index (χ3n) is 18.5. The van der Waals surface area contributed by atoms with Gasteiger partial charge in [-0.25, -0.2) is 4.98 Å². The van der Waals surface area contributed by atoms with E-state index < -0.39 is 28.8 Å². The first kappa shape index (κ1) is 40.7. The maximum atomic E-state index is 14.2. The fourth-order valence-corrected chi connectivity index (χ4v) is 15.1. The number of aliphatic carboxylic acids is 1. The number of hydrogen-bond acceptors (Lipinski definition) is 7. The Morgan fingerprint density at radius 3 is 2.35 bits per heavy atom. The summed E-state index contributed by atoms with van der Waals surface area (Å²) in [5.74, 6) is 0.450. The predicted molar refractivity (Wildman–Crippen MR) is 221 cm³/mol. The fraction of sp³-hybridized carbons (Fsp3) is 0.750. The maximum absolute atomic E-state index is 14.2. The van der Waals surface area contributed by atoms with Crippen LogP contribution in [-0.2, 0) is 25.7 Å². The number of carboxylic acids is 1. The molecule has 1 aromatic carbocycles. The Labute approximate surface area is 340 Å². The molecule has 1 heterocycles. The highest BCUT2D eigenvalue weighted by Gasteiger charge is 2.71. The van der Waals surface area contributed by atoms with Crippen molar-refractivity contribution in [2.24, 2.45) is 68.0 Å². The summed E-state index contributed by atoms with van der Waals surface area (Å²) in [4.78, 5) is 47.5. The van der Waals surface area contributed by atoms with Crippen LogP contribution in [0.5, 0.6) is 0 Å². The fourth-order valence-electron chi connectivity index (χ4n) is 15.1. The monoisotopic (exact) mass is 784 g/mol. The molecule has 1 aromatic heterocycles. The van der Waals surface area contributed by atoms with E-state index in [0.29, 0.717) is 37.8 Å². The standard InChI is InChI=1S/C48H69N3O6/c1-26(2)39-34(52)23-48(37(53)25-49-24-28-11-13-32-33(21-28)51-27(3)50-32)20-19-46(9)29(40(39)48)12-14-36-45(8)17-16-38(44(6,7)35(45)15-18-47(36,46)10)57-42(56)31-22-30(41(54)55)43(31,4)5/h11,13,21,26,29-31,35-38,49,53H,12,14-20,22-25H2,1-10H3,(H,50,51)(H,54,55)/t29-,30+,31-,35+,36-,37+,38+,45+,46-,47-,48+/m1/s1. The number of carbonyl (C=O) groups excluding carboxylic acids is 2. The number of benzene rings is 1. The van der Waals surface area contributed by atoms with Gasteiger partial charge in [-0.3, -0.25) is 14.4 Å². The molecule has 0 spiro atoms. The van der Waals surface area contributed by atoms with Gasteiger partial charge in [-0.15, -0.1) is 0 Å². The molecule has 0 aliphatic heterocycles. The van der Waals surface area contributed by atoms with E-state index in [2.05, 4.69) is 75.9 Å². The highest BCUT2D eigenvalue weighted by atomic mass is 16.5. The molecule has 0 unspecified atom stereocenters. The van der Waals surface area contributed by atoms with Crippen LogP contribution in [0.4, 0.5) is 0 Å². The first-order valence-electron chi connectivity index (χ1n) is 22.2. The lowest BCUT2D eigenvalue weighted by atomic mass is 9.33. The number of aromatic amines is 1. The van der Waals surface area contributed by atoms with Crippen LogP contribution in [0.2, 0.25) is 0 Å². The van der Waals surface area contributed by atoms with Gasteiger partial charge in [0.15, 0.2) is 5.78 Å². The molecule has 0 saturated heterocycles. The number of ketones is 1. The average molecular weight is 784 g/mol. The molecule has 4 N–H and O–H groups in total. The number of aliphatic hydroxyl groups is 1. The highest BCUT2D eigenvalue weighted by Crippen LogP contribution is 2.77. The van der Waals surface area contributed by atoms with E-state index in [1.54, 1.807) is 0 Å². The van der Waals surface area contributed by atoms with Gasteiger partial charge in [0, 0.05) is 30.3 Å². The van der Waals surface area contributed by atoms with Gasteiger partial charge in [-0.05, 0) is 133 Å². The molecule has 11 atom stereocenters. The molecule has 9 nitrogen and oxygen atoms in total. The number of nitrogens with one attached hydrogen (secondary N) is 2. The van der Waals surface area contributed by atoms with Crippen molar-refractivity contribution < 1.29 is 29.3 Å². The number of Topliss-reactive ketones (excluding diaryl/α,β-unsaturated/α-hetero) is 1. The number of aryl methyl sites for hydroxylation is 1. The van der Waals surface area contributed by atoms with Crippen molar-refractivity contribution in [2.45, 2.75) is 152 Å². The molecule has 9 heteroatoms. The molecule has 0 bridgehead atoms. The molecule has 6 aliphatic carbocycles. The molecular weight excluding hydrogens is 715 g/mol. The topological polar surface area (TPSA) is 142 Å². The first-order valence-corrected chi connectivity index (χ1v) is 22.2. The van der Waals surface area contributed by atoms with Crippen molar-refractivity contribution in [2.75, 3.05) is 6.54 Å². The van der Waals surface area contributed by atoms with E-state index in [1.807, 2.05) is 26.8 Å². The van der Waals surface area contributed by atoms with Gasteiger partial charge in [-0.1, -0.05) is 74.0 Å². The highest BCUT2D eigenvalue weighted by molar-refractivity contribution is 6.00. The number of nitrogens with zero attached hydrogens (tertiary/aromatic N) is 1. The molecule has 6 aliphatic rings. The zero-order chi connectivity index (χ0) is 41.2. The largest absolute Gasteiger partial charge is 0.481 e. The first-order chi connectivity index (χ1) is 26.6. The zero-order valence-electron chi connectivity index (χ0n) is 36.3. The van der Waals surface area contributed by atoms with Crippen molar-refractivity contribution in [3.8, 4) is 0 Å². The Bertz CT molecular complexity index is 2010. The lowest BCUT2D eigenvalue weighted by Crippen LogP contribution is -2.66. The van der Waals surface area contributed by atoms with Crippen LogP contribution in [0, 0.1) is 74.9 Å². The van der Waals surface area contributed by atoms with Crippen LogP contribution in [0.25, 0.3) is 11.0 Å². The zero-order valence-corrected chi connectivity index (χ0v) is 36.3. The number of hydrogen-bond donors (Lipinski definition) is 4. The van der Waals surface area contributed by atoms with Crippen molar-refractivity contribution in [3.05, 3.63) is 40.7 Å². The third kappa shape index (κ3) is 5.80. The normalized spacial score (nSPS) is 39.8. The number of rotatable bonds is 9. The summed E-state index contributed by atoms with van der Waals surface area (Å²) in [5.41, 5.74) is 4.17. The Balaban J connectivity index is 1.02. The van der Waals surface area contributed by atoms with Crippen molar-refractivity contribution in [1.82, 2.24) is 15.3 Å². The number of fused-ring (bicyclic) bond motifs is 8. The maximum Gasteiger partial charge on any atom is 0.309 e. The SMILES string of the molecule is Cc1nc2ccc(CNC[C@H](O)[C@@]34CC[C@]5(C)[C@H](CC[C@@H]6[C@@]7(C)CC[C@H](OC(=O)[C@H]8C[C@@H](C(=O)O)C8(C)C)C(C)(C)[C@@H]7CC[C@]65C)C3=C(C(C)C)C(=O)C4)cc2[nH]1. The number of aliphatic hydroxyl groups excluding tert-OH is 1. The smallest absolute Gasteiger partial charge is 0.309 e. The lowest BCUT2D eigenvalue weighted by Gasteiger charge is -2.72. The average Bonchev–Trinajstić information content (AvgIpc) is 3.65. The Morgan fingerprint density at radius 2 is 1.67 bits per heavy atom. The van der Waals surface area contributed by atoms with E-state index in [0.717, 1.165) is 79.4 Å². The minimum Gasteiger partial charge on any atom is -0.481 e. The molecule has 2 aromatic rings. The Kier molecular flexibility index (Phi) is 9.64. The summed E-state index contributed by atoms with van der Waals surface area (Å²) in [6.45, 7) is 23.5. The number of imidazole rings is 1. The quantitative estimate of drug-likeness (QED) is 0.185. The minimum atomic E-state index is -0.828. The Morgan fingerprint density at radius 1 is 0.930 bits per heavy atom. The summed E-state index contributed by atoms with van der Waals surface area (Å²) in [7, 11) is 0. The number of esters is 1. The van der Waals surface area contributed by atoms with E-state index >= 15 is 0 Å². The summed E-state index contributed by atoms with van der Waals surface area (Å²) in [5, 5.41) is 25.6. The Hall–Kier alpha value is -3.04. The van der Waals surface area contributed by atoms with Gasteiger partial charge in [0.1, 0.15) is 11.9 Å². The van der Waals surface area contributed by atoms with Crippen LogP contribution in [0.15, 0.2) is 29.3 Å². The van der Waals surface area contributed by atoms with Crippen LogP contribution in [0.3, 0.4) is 0 Å². The van der Waals surface area contributed by atoms with Crippen molar-refractivity contribution in [1.29, 1.82) is 0 Å². The van der Waals surface area contributed by atoms with Crippen LogP contribution in [0.1, 0.15) is 138 Å². The second kappa shape index (κ2) is 13.5. The van der Waals surface area contributed by atoms with Crippen molar-refractivity contribution >= 4 is 28.8 Å².